The molecule has 0 aliphatic carbocycles. The van der Waals surface area contributed by atoms with Gasteiger partial charge in [-0.25, -0.2) is 4.98 Å². The van der Waals surface area contributed by atoms with Gasteiger partial charge in [-0.05, 0) is 32.0 Å². The number of hydrogen-bond acceptors (Lipinski definition) is 3. The van der Waals surface area contributed by atoms with Crippen molar-refractivity contribution in [3.8, 4) is 0 Å². The maximum Gasteiger partial charge on any atom is 0.254 e. The lowest BCUT2D eigenvalue weighted by Gasteiger charge is -2.20. The van der Waals surface area contributed by atoms with Crippen LogP contribution in [0.25, 0.3) is 0 Å². The molecule has 1 aromatic rings. The number of nitrogens with two attached hydrogens (primary N) is 1. The molecule has 0 aliphatic rings. The molecule has 0 fully saturated rings. The molecule has 88 valence electrons. The molecule has 0 bridgehead atoms. The van der Waals surface area contributed by atoms with Gasteiger partial charge in [-0.3, -0.25) is 4.79 Å². The molecular formula is C11H16ClN3O. The highest BCUT2D eigenvalue weighted by Crippen LogP contribution is 2.10. The van der Waals surface area contributed by atoms with Crippen LogP contribution >= 0.6 is 11.6 Å². The molecule has 16 heavy (non-hydrogen) atoms. The van der Waals surface area contributed by atoms with E-state index in [9.17, 15) is 4.79 Å². The van der Waals surface area contributed by atoms with Gasteiger partial charge in [0.05, 0.1) is 0 Å². The van der Waals surface area contributed by atoms with Crippen LogP contribution in [0, 0.1) is 0 Å². The van der Waals surface area contributed by atoms with E-state index in [1.54, 1.807) is 17.0 Å². The summed E-state index contributed by atoms with van der Waals surface area (Å²) >= 11 is 5.74. The second-order valence-corrected chi connectivity index (χ2v) is 3.78. The number of rotatable bonds is 5. The van der Waals surface area contributed by atoms with Gasteiger partial charge in [-0.1, -0.05) is 11.6 Å². The fourth-order valence-corrected chi connectivity index (χ4v) is 1.58. The van der Waals surface area contributed by atoms with E-state index in [1.807, 2.05) is 6.92 Å². The smallest absolute Gasteiger partial charge is 0.254 e. The zero-order chi connectivity index (χ0) is 12.0. The van der Waals surface area contributed by atoms with Gasteiger partial charge in [-0.15, -0.1) is 0 Å². The van der Waals surface area contributed by atoms with Crippen LogP contribution in [0.1, 0.15) is 23.7 Å². The number of amides is 1. The molecule has 0 atom stereocenters. The molecule has 0 saturated carbocycles. The van der Waals surface area contributed by atoms with Crippen molar-refractivity contribution in [2.24, 2.45) is 5.73 Å². The van der Waals surface area contributed by atoms with Crippen LogP contribution in [0.3, 0.4) is 0 Å². The summed E-state index contributed by atoms with van der Waals surface area (Å²) in [6, 6.07) is 3.24. The molecule has 1 rings (SSSR count). The summed E-state index contributed by atoms with van der Waals surface area (Å²) in [5.74, 6) is -0.0275. The highest BCUT2D eigenvalue weighted by atomic mass is 35.5. The van der Waals surface area contributed by atoms with E-state index in [2.05, 4.69) is 4.98 Å². The number of pyridine rings is 1. The van der Waals surface area contributed by atoms with Gasteiger partial charge in [0.1, 0.15) is 5.15 Å². The number of carbonyl (C=O) groups excluding carboxylic acids is 1. The summed E-state index contributed by atoms with van der Waals surface area (Å²) < 4.78 is 0. The summed E-state index contributed by atoms with van der Waals surface area (Å²) in [4.78, 5) is 17.6. The second kappa shape index (κ2) is 6.45. The molecule has 1 aromatic heterocycles. The van der Waals surface area contributed by atoms with E-state index in [-0.39, 0.29) is 5.91 Å². The number of carbonyl (C=O) groups is 1. The predicted molar refractivity (Wildman–Crippen MR) is 64.5 cm³/mol. The van der Waals surface area contributed by atoms with Crippen LogP contribution in [0.5, 0.6) is 0 Å². The Balaban J connectivity index is 2.74. The van der Waals surface area contributed by atoms with Crippen molar-refractivity contribution < 1.29 is 4.79 Å². The van der Waals surface area contributed by atoms with Gasteiger partial charge in [0.15, 0.2) is 0 Å². The highest BCUT2D eigenvalue weighted by Gasteiger charge is 2.13. The molecule has 2 N–H and O–H groups in total. The Labute approximate surface area is 100 Å². The third-order valence-electron chi connectivity index (χ3n) is 2.27. The van der Waals surface area contributed by atoms with Gasteiger partial charge < -0.3 is 10.6 Å². The summed E-state index contributed by atoms with van der Waals surface area (Å²) in [7, 11) is 0. The first-order chi connectivity index (χ1) is 7.69. The van der Waals surface area contributed by atoms with Crippen LogP contribution < -0.4 is 5.73 Å². The third-order valence-corrected chi connectivity index (χ3v) is 2.48. The minimum Gasteiger partial charge on any atom is -0.339 e. The van der Waals surface area contributed by atoms with Crippen molar-refractivity contribution in [3.05, 3.63) is 29.0 Å². The summed E-state index contributed by atoms with van der Waals surface area (Å²) in [6.07, 6.45) is 2.34. The normalized spacial score (nSPS) is 10.2. The first kappa shape index (κ1) is 12.9. The Morgan fingerprint density at radius 2 is 2.38 bits per heavy atom. The molecule has 0 spiro atoms. The van der Waals surface area contributed by atoms with E-state index in [0.717, 1.165) is 6.42 Å². The molecule has 0 radical (unpaired) electrons. The first-order valence-corrected chi connectivity index (χ1v) is 5.67. The SMILES string of the molecule is CCN(CCCN)C(=O)c1ccnc(Cl)c1. The first-order valence-electron chi connectivity index (χ1n) is 5.30. The molecule has 0 aliphatic heterocycles. The molecule has 0 saturated heterocycles. The molecule has 0 unspecified atom stereocenters. The lowest BCUT2D eigenvalue weighted by atomic mass is 10.2. The fraction of sp³-hybridized carbons (Fsp3) is 0.455. The van der Waals surface area contributed by atoms with Crippen molar-refractivity contribution in [1.82, 2.24) is 9.88 Å². The standard InChI is InChI=1S/C11H16ClN3O/c1-2-15(7-3-5-13)11(16)9-4-6-14-10(12)8-9/h4,6,8H,2-3,5,7,13H2,1H3. The van der Waals surface area contributed by atoms with Crippen molar-refractivity contribution >= 4 is 17.5 Å². The minimum absolute atomic E-state index is 0.0275. The Hall–Kier alpha value is -1.13. The lowest BCUT2D eigenvalue weighted by Crippen LogP contribution is -2.32. The number of hydrogen-bond donors (Lipinski definition) is 1. The minimum atomic E-state index is -0.0275. The van der Waals surface area contributed by atoms with E-state index in [1.165, 1.54) is 6.20 Å². The predicted octanol–water partition coefficient (Wildman–Crippen LogP) is 1.55. The van der Waals surface area contributed by atoms with Crippen LogP contribution in [-0.2, 0) is 0 Å². The van der Waals surface area contributed by atoms with E-state index >= 15 is 0 Å². The number of aromatic nitrogens is 1. The highest BCUT2D eigenvalue weighted by molar-refractivity contribution is 6.29. The van der Waals surface area contributed by atoms with Crippen LogP contribution in [0.4, 0.5) is 0 Å². The summed E-state index contributed by atoms with van der Waals surface area (Å²) in [5, 5.41) is 0.334. The third kappa shape index (κ3) is 3.47. The van der Waals surface area contributed by atoms with Crippen LogP contribution in [0.15, 0.2) is 18.3 Å². The van der Waals surface area contributed by atoms with Crippen molar-refractivity contribution in [2.45, 2.75) is 13.3 Å². The van der Waals surface area contributed by atoms with Gasteiger partial charge in [-0.2, -0.15) is 0 Å². The monoisotopic (exact) mass is 241 g/mol. The summed E-state index contributed by atoms with van der Waals surface area (Å²) in [6.45, 7) is 3.86. The van der Waals surface area contributed by atoms with E-state index < -0.39 is 0 Å². The quantitative estimate of drug-likeness (QED) is 0.796. The maximum atomic E-state index is 12.0. The maximum absolute atomic E-state index is 12.0. The fourth-order valence-electron chi connectivity index (χ4n) is 1.40. The average molecular weight is 242 g/mol. The zero-order valence-electron chi connectivity index (χ0n) is 9.32. The van der Waals surface area contributed by atoms with Gasteiger partial charge in [0.2, 0.25) is 0 Å². The van der Waals surface area contributed by atoms with Crippen molar-refractivity contribution in [3.63, 3.8) is 0 Å². The van der Waals surface area contributed by atoms with E-state index in [4.69, 9.17) is 17.3 Å². The van der Waals surface area contributed by atoms with E-state index in [0.29, 0.717) is 30.4 Å². The molecule has 5 heteroatoms. The largest absolute Gasteiger partial charge is 0.339 e. The number of nitrogens with zero attached hydrogens (tertiary/aromatic N) is 2. The molecule has 1 heterocycles. The lowest BCUT2D eigenvalue weighted by molar-refractivity contribution is 0.0763. The molecule has 1 amide bonds. The van der Waals surface area contributed by atoms with Crippen molar-refractivity contribution in [2.75, 3.05) is 19.6 Å². The Morgan fingerprint density at radius 1 is 1.62 bits per heavy atom. The van der Waals surface area contributed by atoms with Crippen LogP contribution in [-0.4, -0.2) is 35.4 Å². The molecular weight excluding hydrogens is 226 g/mol. The Kier molecular flexibility index (Phi) is 5.22. The van der Waals surface area contributed by atoms with Gasteiger partial charge in [0.25, 0.3) is 5.91 Å². The van der Waals surface area contributed by atoms with Crippen molar-refractivity contribution in [1.29, 1.82) is 0 Å². The zero-order valence-corrected chi connectivity index (χ0v) is 10.1. The summed E-state index contributed by atoms with van der Waals surface area (Å²) in [5.41, 5.74) is 5.99. The Bertz CT molecular complexity index is 357. The van der Waals surface area contributed by atoms with Crippen LogP contribution in [0.2, 0.25) is 5.15 Å². The topological polar surface area (TPSA) is 59.2 Å². The second-order valence-electron chi connectivity index (χ2n) is 3.39. The van der Waals surface area contributed by atoms with Gasteiger partial charge in [0, 0.05) is 24.8 Å². The molecule has 0 aromatic carbocycles. The van der Waals surface area contributed by atoms with Gasteiger partial charge >= 0.3 is 0 Å². The Morgan fingerprint density at radius 3 is 2.94 bits per heavy atom. The molecule has 4 nitrogen and oxygen atoms in total. The number of halogens is 1. The average Bonchev–Trinajstić information content (AvgIpc) is 2.29.